The quantitative estimate of drug-likeness (QED) is 0.933. The van der Waals surface area contributed by atoms with E-state index in [9.17, 15) is 4.79 Å². The molecule has 5 heteroatoms. The summed E-state index contributed by atoms with van der Waals surface area (Å²) >= 11 is 3.37. The van der Waals surface area contributed by atoms with Gasteiger partial charge in [0, 0.05) is 12.3 Å². The maximum atomic E-state index is 11.8. The van der Waals surface area contributed by atoms with Gasteiger partial charge in [0.15, 0.2) is 0 Å². The van der Waals surface area contributed by atoms with E-state index in [2.05, 4.69) is 21.2 Å². The van der Waals surface area contributed by atoms with E-state index in [4.69, 9.17) is 9.47 Å². The van der Waals surface area contributed by atoms with Crippen LogP contribution in [0.3, 0.4) is 0 Å². The molecule has 1 fully saturated rings. The van der Waals surface area contributed by atoms with Crippen LogP contribution in [0.1, 0.15) is 12.8 Å². The zero-order valence-corrected chi connectivity index (χ0v) is 11.1. The number of hydrogen-bond acceptors (Lipinski definition) is 3. The van der Waals surface area contributed by atoms with Crippen LogP contribution in [-0.2, 0) is 9.53 Å². The highest BCUT2D eigenvalue weighted by Crippen LogP contribution is 2.28. The van der Waals surface area contributed by atoms with Crippen molar-refractivity contribution in [3.05, 3.63) is 22.7 Å². The van der Waals surface area contributed by atoms with E-state index in [0.717, 1.165) is 28.8 Å². The summed E-state index contributed by atoms with van der Waals surface area (Å²) in [6, 6.07) is 5.41. The van der Waals surface area contributed by atoms with Crippen molar-refractivity contribution in [1.29, 1.82) is 0 Å². The number of carbonyl (C=O) groups is 1. The minimum absolute atomic E-state index is 0.0837. The fourth-order valence-corrected chi connectivity index (χ4v) is 2.29. The smallest absolute Gasteiger partial charge is 0.253 e. The number of amides is 1. The molecule has 1 N–H and O–H groups in total. The Kier molecular flexibility index (Phi) is 4.02. The van der Waals surface area contributed by atoms with Crippen molar-refractivity contribution in [3.63, 3.8) is 0 Å². The molecule has 0 aromatic heterocycles. The van der Waals surface area contributed by atoms with Crippen LogP contribution in [0, 0.1) is 0 Å². The minimum atomic E-state index is -0.309. The predicted molar refractivity (Wildman–Crippen MR) is 68.3 cm³/mol. The minimum Gasteiger partial charge on any atom is -0.496 e. The number of methoxy groups -OCH3 is 1. The summed E-state index contributed by atoms with van der Waals surface area (Å²) in [5.41, 5.74) is 0.734. The summed E-state index contributed by atoms with van der Waals surface area (Å²) in [4.78, 5) is 11.8. The zero-order chi connectivity index (χ0) is 12.3. The molecule has 17 heavy (non-hydrogen) atoms. The molecule has 0 spiro atoms. The molecule has 92 valence electrons. The fourth-order valence-electron chi connectivity index (χ4n) is 1.75. The Bertz CT molecular complexity index is 416. The van der Waals surface area contributed by atoms with E-state index in [-0.39, 0.29) is 12.0 Å². The third-order valence-electron chi connectivity index (χ3n) is 2.64. The van der Waals surface area contributed by atoms with Gasteiger partial charge in [0.1, 0.15) is 11.9 Å². The Hall–Kier alpha value is -1.07. The van der Waals surface area contributed by atoms with Gasteiger partial charge in [-0.3, -0.25) is 4.79 Å². The molecule has 1 aromatic rings. The van der Waals surface area contributed by atoms with Gasteiger partial charge in [-0.2, -0.15) is 0 Å². The number of ether oxygens (including phenoxy) is 2. The zero-order valence-electron chi connectivity index (χ0n) is 9.53. The van der Waals surface area contributed by atoms with E-state index >= 15 is 0 Å². The number of hydrogen-bond donors (Lipinski definition) is 1. The number of nitrogens with one attached hydrogen (secondary N) is 1. The maximum Gasteiger partial charge on any atom is 0.253 e. The van der Waals surface area contributed by atoms with E-state index in [0.29, 0.717) is 6.61 Å². The summed E-state index contributed by atoms with van der Waals surface area (Å²) in [6.07, 6.45) is 1.43. The van der Waals surface area contributed by atoms with Crippen LogP contribution in [0.25, 0.3) is 0 Å². The highest BCUT2D eigenvalue weighted by Gasteiger charge is 2.23. The van der Waals surface area contributed by atoms with Crippen LogP contribution in [0.5, 0.6) is 5.75 Å². The number of halogens is 1. The SMILES string of the molecule is COc1ccc(NC(=O)C2CCCO2)cc1Br. The van der Waals surface area contributed by atoms with Crippen LogP contribution >= 0.6 is 15.9 Å². The Labute approximate surface area is 108 Å². The lowest BCUT2D eigenvalue weighted by Gasteiger charge is -2.11. The van der Waals surface area contributed by atoms with Crippen LogP contribution < -0.4 is 10.1 Å². The summed E-state index contributed by atoms with van der Waals surface area (Å²) in [7, 11) is 1.60. The molecule has 0 saturated carbocycles. The van der Waals surface area contributed by atoms with Gasteiger partial charge in [-0.15, -0.1) is 0 Å². The molecule has 1 atom stereocenters. The van der Waals surface area contributed by atoms with Crippen LogP contribution in [0.4, 0.5) is 5.69 Å². The Balaban J connectivity index is 2.03. The highest BCUT2D eigenvalue weighted by atomic mass is 79.9. The van der Waals surface area contributed by atoms with Gasteiger partial charge in [0.25, 0.3) is 5.91 Å². The van der Waals surface area contributed by atoms with Gasteiger partial charge in [0.05, 0.1) is 11.6 Å². The first-order valence-electron chi connectivity index (χ1n) is 5.46. The molecule has 1 heterocycles. The van der Waals surface area contributed by atoms with Gasteiger partial charge in [-0.1, -0.05) is 0 Å². The molecule has 4 nitrogen and oxygen atoms in total. The standard InChI is InChI=1S/C12H14BrNO3/c1-16-10-5-4-8(7-9(10)13)14-12(15)11-3-2-6-17-11/h4-5,7,11H,2-3,6H2,1H3,(H,14,15). The predicted octanol–water partition coefficient (Wildman–Crippen LogP) is 2.58. The summed E-state index contributed by atoms with van der Waals surface area (Å²) in [5.74, 6) is 0.652. The molecule has 0 bridgehead atoms. The Morgan fingerprint density at radius 2 is 2.41 bits per heavy atom. The summed E-state index contributed by atoms with van der Waals surface area (Å²) in [6.45, 7) is 0.671. The van der Waals surface area contributed by atoms with Gasteiger partial charge >= 0.3 is 0 Å². The van der Waals surface area contributed by atoms with Crippen molar-refractivity contribution in [2.75, 3.05) is 19.0 Å². The second-order valence-corrected chi connectivity index (χ2v) is 4.69. The lowest BCUT2D eigenvalue weighted by molar-refractivity contribution is -0.124. The second-order valence-electron chi connectivity index (χ2n) is 3.84. The molecule has 1 aliphatic rings. The number of anilines is 1. The largest absolute Gasteiger partial charge is 0.496 e. The molecular weight excluding hydrogens is 286 g/mol. The lowest BCUT2D eigenvalue weighted by Crippen LogP contribution is -2.26. The Morgan fingerprint density at radius 3 is 3.00 bits per heavy atom. The van der Waals surface area contributed by atoms with Crippen LogP contribution in [0.2, 0.25) is 0 Å². The van der Waals surface area contributed by atoms with Crippen LogP contribution in [0.15, 0.2) is 22.7 Å². The number of benzene rings is 1. The topological polar surface area (TPSA) is 47.6 Å². The van der Waals surface area contributed by atoms with Gasteiger partial charge in [0.2, 0.25) is 0 Å². The normalized spacial score (nSPS) is 19.1. The van der Waals surface area contributed by atoms with Crippen molar-refractivity contribution >= 4 is 27.5 Å². The van der Waals surface area contributed by atoms with Crippen molar-refractivity contribution in [3.8, 4) is 5.75 Å². The van der Waals surface area contributed by atoms with Crippen molar-refractivity contribution < 1.29 is 14.3 Å². The average Bonchev–Trinajstić information content (AvgIpc) is 2.82. The molecular formula is C12H14BrNO3. The lowest BCUT2D eigenvalue weighted by atomic mass is 10.2. The van der Waals surface area contributed by atoms with Crippen molar-refractivity contribution in [1.82, 2.24) is 0 Å². The first-order chi connectivity index (χ1) is 8.20. The van der Waals surface area contributed by atoms with Crippen LogP contribution in [-0.4, -0.2) is 25.7 Å². The van der Waals surface area contributed by atoms with Gasteiger partial charge in [-0.25, -0.2) is 0 Å². The second kappa shape index (κ2) is 5.51. The Morgan fingerprint density at radius 1 is 1.59 bits per heavy atom. The first-order valence-corrected chi connectivity index (χ1v) is 6.26. The molecule has 1 unspecified atom stereocenters. The fraction of sp³-hybridized carbons (Fsp3) is 0.417. The number of rotatable bonds is 3. The third-order valence-corrected chi connectivity index (χ3v) is 3.26. The summed E-state index contributed by atoms with van der Waals surface area (Å²) < 4.78 is 11.2. The molecule has 1 aliphatic heterocycles. The number of carbonyl (C=O) groups excluding carboxylic acids is 1. The van der Waals surface area contributed by atoms with E-state index in [1.807, 2.05) is 6.07 Å². The van der Waals surface area contributed by atoms with E-state index < -0.39 is 0 Å². The molecule has 1 saturated heterocycles. The summed E-state index contributed by atoms with van der Waals surface area (Å²) in [5, 5.41) is 2.83. The third kappa shape index (κ3) is 2.98. The maximum absolute atomic E-state index is 11.8. The van der Waals surface area contributed by atoms with Crippen molar-refractivity contribution in [2.24, 2.45) is 0 Å². The van der Waals surface area contributed by atoms with Gasteiger partial charge < -0.3 is 14.8 Å². The molecule has 0 aliphatic carbocycles. The van der Waals surface area contributed by atoms with E-state index in [1.165, 1.54) is 0 Å². The molecule has 2 rings (SSSR count). The average molecular weight is 300 g/mol. The first kappa shape index (κ1) is 12.4. The molecule has 1 aromatic carbocycles. The highest BCUT2D eigenvalue weighted by molar-refractivity contribution is 9.10. The van der Waals surface area contributed by atoms with Gasteiger partial charge in [-0.05, 0) is 47.0 Å². The monoisotopic (exact) mass is 299 g/mol. The molecule has 0 radical (unpaired) electrons. The van der Waals surface area contributed by atoms with Crippen molar-refractivity contribution in [2.45, 2.75) is 18.9 Å². The van der Waals surface area contributed by atoms with E-state index in [1.54, 1.807) is 19.2 Å². The molecule has 1 amide bonds.